The molecule has 0 radical (unpaired) electrons. The van der Waals surface area contributed by atoms with Gasteiger partial charge in [0.05, 0.1) is 12.2 Å². The van der Waals surface area contributed by atoms with Gasteiger partial charge in [0.25, 0.3) is 0 Å². The molecule has 33 heavy (non-hydrogen) atoms. The molecule has 7 nitrogen and oxygen atoms in total. The second kappa shape index (κ2) is 9.10. The Morgan fingerprint density at radius 2 is 1.70 bits per heavy atom. The van der Waals surface area contributed by atoms with Crippen LogP contribution in [-0.2, 0) is 22.9 Å². The van der Waals surface area contributed by atoms with E-state index in [2.05, 4.69) is 14.6 Å². The average molecular weight is 484 g/mol. The van der Waals surface area contributed by atoms with Crippen LogP contribution < -0.4 is 4.31 Å². The molecule has 2 aromatic carbocycles. The quantitative estimate of drug-likeness (QED) is 0.477. The number of nitrogens with zero attached hydrogens (tertiary/aromatic N) is 4. The molecule has 1 saturated heterocycles. The summed E-state index contributed by atoms with van der Waals surface area (Å²) in [5.41, 5.74) is 0.362. The third-order valence-electron chi connectivity index (χ3n) is 5.25. The van der Waals surface area contributed by atoms with Crippen molar-refractivity contribution in [2.75, 3.05) is 17.4 Å². The number of hydrogen-bond donors (Lipinski definition) is 0. The number of piperidine rings is 1. The van der Waals surface area contributed by atoms with Gasteiger partial charge in [-0.05, 0) is 37.1 Å². The molecule has 1 aliphatic rings. The lowest BCUT2D eigenvalue weighted by atomic mass is 10.1. The summed E-state index contributed by atoms with van der Waals surface area (Å²) in [6.07, 6.45) is -2.38. The fourth-order valence-electron chi connectivity index (χ4n) is 3.55. The van der Waals surface area contributed by atoms with E-state index in [1.165, 1.54) is 16.4 Å². The topological polar surface area (TPSA) is 79.5 Å². The molecule has 3 aromatic rings. The van der Waals surface area contributed by atoms with Crippen molar-refractivity contribution in [3.05, 3.63) is 65.8 Å². The lowest BCUT2D eigenvalue weighted by Gasteiger charge is -2.33. The van der Waals surface area contributed by atoms with E-state index in [0.29, 0.717) is 18.8 Å². The Labute approximate surface area is 187 Å². The highest BCUT2D eigenvalue weighted by Gasteiger charge is 2.38. The Bertz CT molecular complexity index is 1210. The molecule has 0 N–H and O–H groups in total. The molecule has 176 valence electrons. The van der Waals surface area contributed by atoms with E-state index < -0.39 is 34.0 Å². The molecule has 0 spiro atoms. The number of benzene rings is 2. The summed E-state index contributed by atoms with van der Waals surface area (Å²) >= 11 is 0. The van der Waals surface area contributed by atoms with E-state index >= 15 is 0 Å². The van der Waals surface area contributed by atoms with Crippen LogP contribution in [0.25, 0.3) is 11.5 Å². The van der Waals surface area contributed by atoms with Crippen LogP contribution in [0.1, 0.15) is 30.7 Å². The van der Waals surface area contributed by atoms with E-state index in [9.17, 15) is 26.0 Å². The van der Waals surface area contributed by atoms with Crippen molar-refractivity contribution in [2.24, 2.45) is 0 Å². The second-order valence-corrected chi connectivity index (χ2v) is 9.38. The molecule has 12 heteroatoms. The summed E-state index contributed by atoms with van der Waals surface area (Å²) in [5.74, 6) is -2.84. The fourth-order valence-corrected chi connectivity index (χ4v) is 5.24. The van der Waals surface area contributed by atoms with Gasteiger partial charge < -0.3 is 4.42 Å². The van der Waals surface area contributed by atoms with Crippen molar-refractivity contribution >= 4 is 15.9 Å². The van der Waals surface area contributed by atoms with Crippen LogP contribution in [0, 0.1) is 5.82 Å². The largest absolute Gasteiger partial charge is 0.470 e. The molecule has 0 aliphatic carbocycles. The zero-order valence-corrected chi connectivity index (χ0v) is 18.1. The number of rotatable bonds is 6. The van der Waals surface area contributed by atoms with Crippen LogP contribution in [-0.4, -0.2) is 36.0 Å². The predicted octanol–water partition coefficient (Wildman–Crippen LogP) is 4.63. The maximum Gasteiger partial charge on any atom is 0.470 e. The van der Waals surface area contributed by atoms with E-state index in [-0.39, 0.29) is 17.7 Å². The first-order valence-electron chi connectivity index (χ1n) is 10.2. The Morgan fingerprint density at radius 1 is 1.00 bits per heavy atom. The van der Waals surface area contributed by atoms with Crippen LogP contribution >= 0.6 is 0 Å². The zero-order valence-electron chi connectivity index (χ0n) is 17.3. The molecule has 0 bridgehead atoms. The van der Waals surface area contributed by atoms with Gasteiger partial charge >= 0.3 is 22.3 Å². The van der Waals surface area contributed by atoms with E-state index in [1.54, 1.807) is 30.3 Å². The first-order valence-corrected chi connectivity index (χ1v) is 11.6. The first-order chi connectivity index (χ1) is 15.7. The van der Waals surface area contributed by atoms with Gasteiger partial charge in [-0.25, -0.2) is 4.39 Å². The Balaban J connectivity index is 1.64. The monoisotopic (exact) mass is 484 g/mol. The molecule has 0 atom stereocenters. The lowest BCUT2D eigenvalue weighted by Crippen LogP contribution is -2.46. The Kier molecular flexibility index (Phi) is 6.39. The van der Waals surface area contributed by atoms with Crippen LogP contribution in [0.3, 0.4) is 0 Å². The van der Waals surface area contributed by atoms with Crippen molar-refractivity contribution in [1.82, 2.24) is 14.5 Å². The number of aromatic nitrogens is 2. The summed E-state index contributed by atoms with van der Waals surface area (Å²) in [6, 6.07) is 11.9. The molecule has 2 heterocycles. The summed E-state index contributed by atoms with van der Waals surface area (Å²) in [5, 5.41) is 6.25. The van der Waals surface area contributed by atoms with Crippen molar-refractivity contribution in [1.29, 1.82) is 0 Å². The van der Waals surface area contributed by atoms with Gasteiger partial charge in [0, 0.05) is 24.2 Å². The molecule has 1 fully saturated rings. The first kappa shape index (κ1) is 23.2. The maximum atomic E-state index is 14.9. The van der Waals surface area contributed by atoms with Gasteiger partial charge in [-0.1, -0.05) is 30.7 Å². The average Bonchev–Trinajstić information content (AvgIpc) is 3.30. The maximum absolute atomic E-state index is 14.9. The Hall–Kier alpha value is -2.99. The number of alkyl halides is 3. The summed E-state index contributed by atoms with van der Waals surface area (Å²) < 4.78 is 86.9. The van der Waals surface area contributed by atoms with Gasteiger partial charge in [-0.15, -0.1) is 10.2 Å². The third-order valence-corrected chi connectivity index (χ3v) is 7.16. The molecule has 0 amide bonds. The van der Waals surface area contributed by atoms with E-state index in [4.69, 9.17) is 0 Å². The summed E-state index contributed by atoms with van der Waals surface area (Å²) in [4.78, 5) is 0. The minimum absolute atomic E-state index is 0.0405. The number of halogens is 4. The number of hydrogen-bond acceptors (Lipinski definition) is 5. The van der Waals surface area contributed by atoms with Gasteiger partial charge in [0.2, 0.25) is 5.89 Å². The highest BCUT2D eigenvalue weighted by molar-refractivity contribution is 7.90. The van der Waals surface area contributed by atoms with E-state index in [1.807, 2.05) is 0 Å². The highest BCUT2D eigenvalue weighted by atomic mass is 32.2. The van der Waals surface area contributed by atoms with Gasteiger partial charge in [0.1, 0.15) is 5.82 Å². The standard InChI is InChI=1S/C21H20F4N4O3S/c22-18-13-15(19-26-27-20(32-19)21(23,24)25)9-10-16(18)14-29(17-7-3-1-4-8-17)33(30,31)28-11-5-2-6-12-28/h1,3-4,7-10,13H,2,5-6,11-12,14H2. The Morgan fingerprint density at radius 3 is 2.30 bits per heavy atom. The summed E-state index contributed by atoms with van der Waals surface area (Å²) in [7, 11) is -3.93. The van der Waals surface area contributed by atoms with Crippen LogP contribution in [0.4, 0.5) is 23.2 Å². The van der Waals surface area contributed by atoms with Crippen molar-refractivity contribution < 1.29 is 30.4 Å². The van der Waals surface area contributed by atoms with Crippen molar-refractivity contribution in [3.63, 3.8) is 0 Å². The van der Waals surface area contributed by atoms with Crippen molar-refractivity contribution in [3.8, 4) is 11.5 Å². The van der Waals surface area contributed by atoms with Crippen LogP contribution in [0.2, 0.25) is 0 Å². The normalized spacial score (nSPS) is 15.5. The molecule has 0 saturated carbocycles. The van der Waals surface area contributed by atoms with E-state index in [0.717, 1.165) is 29.6 Å². The minimum atomic E-state index is -4.82. The molecule has 1 aromatic heterocycles. The van der Waals surface area contributed by atoms with Crippen LogP contribution in [0.5, 0.6) is 0 Å². The second-order valence-electron chi connectivity index (χ2n) is 7.53. The predicted molar refractivity (Wildman–Crippen MR) is 112 cm³/mol. The number of para-hydroxylation sites is 1. The van der Waals surface area contributed by atoms with Gasteiger partial charge in [-0.3, -0.25) is 4.31 Å². The molecule has 0 unspecified atom stereocenters. The SMILES string of the molecule is O=S(=O)(N1CCCCC1)N(Cc1ccc(-c2nnc(C(F)(F)F)o2)cc1F)c1ccccc1. The smallest absolute Gasteiger partial charge is 0.413 e. The molecular weight excluding hydrogens is 464 g/mol. The molecular formula is C21H20F4N4O3S. The van der Waals surface area contributed by atoms with Crippen molar-refractivity contribution in [2.45, 2.75) is 32.0 Å². The molecule has 1 aliphatic heterocycles. The fraction of sp³-hybridized carbons (Fsp3) is 0.333. The van der Waals surface area contributed by atoms with Gasteiger partial charge in [0.15, 0.2) is 0 Å². The summed E-state index contributed by atoms with van der Waals surface area (Å²) in [6.45, 7) is 0.462. The highest BCUT2D eigenvalue weighted by Crippen LogP contribution is 2.31. The molecule has 4 rings (SSSR count). The number of anilines is 1. The van der Waals surface area contributed by atoms with Crippen LogP contribution in [0.15, 0.2) is 52.9 Å². The minimum Gasteiger partial charge on any atom is -0.413 e. The lowest BCUT2D eigenvalue weighted by molar-refractivity contribution is -0.156. The third kappa shape index (κ3) is 5.01. The zero-order chi connectivity index (χ0) is 23.6. The van der Waals surface area contributed by atoms with Gasteiger partial charge in [-0.2, -0.15) is 25.9 Å².